The van der Waals surface area contributed by atoms with E-state index in [9.17, 15) is 4.79 Å². The van der Waals surface area contributed by atoms with Crippen LogP contribution in [0.3, 0.4) is 0 Å². The maximum absolute atomic E-state index is 10.7. The van der Waals surface area contributed by atoms with Crippen molar-refractivity contribution in [3.8, 4) is 0 Å². The van der Waals surface area contributed by atoms with Gasteiger partial charge in [0.1, 0.15) is 11.9 Å². The fourth-order valence-electron chi connectivity index (χ4n) is 1.17. The molecule has 0 aliphatic heterocycles. The highest BCUT2D eigenvalue weighted by molar-refractivity contribution is 5.73. The Morgan fingerprint density at radius 1 is 1.79 bits per heavy atom. The number of carbonyl (C=O) groups is 1. The number of nitrogens with two attached hydrogens (primary N) is 1. The third kappa shape index (κ3) is 2.70. The maximum Gasteiger partial charge on any atom is 0.321 e. The molecule has 0 saturated carbocycles. The molecule has 14 heavy (non-hydrogen) atoms. The van der Waals surface area contributed by atoms with Crippen LogP contribution in [0.2, 0.25) is 0 Å². The summed E-state index contributed by atoms with van der Waals surface area (Å²) in [5.41, 5.74) is 6.33. The van der Waals surface area contributed by atoms with Crippen molar-refractivity contribution >= 4 is 11.8 Å². The van der Waals surface area contributed by atoms with E-state index in [1.54, 1.807) is 25.4 Å². The number of nitrogens with one attached hydrogen (secondary N) is 1. The molecule has 1 aromatic heterocycles. The van der Waals surface area contributed by atoms with E-state index in [0.717, 1.165) is 5.56 Å². The molecule has 0 amide bonds. The fourth-order valence-corrected chi connectivity index (χ4v) is 1.17. The Balaban J connectivity index is 2.72. The highest BCUT2D eigenvalue weighted by Gasteiger charge is 2.15. The Bertz CT molecular complexity index is 328. The zero-order valence-electron chi connectivity index (χ0n) is 7.90. The van der Waals surface area contributed by atoms with Crippen LogP contribution in [0.25, 0.3) is 0 Å². The Hall–Kier alpha value is -1.62. The molecule has 0 aliphatic rings. The molecule has 1 heterocycles. The fraction of sp³-hybridized carbons (Fsp3) is 0.333. The number of likely N-dealkylation sites (N-methyl/N-ethyl adjacent to an activating group) is 1. The third-order valence-corrected chi connectivity index (χ3v) is 1.93. The summed E-state index contributed by atoms with van der Waals surface area (Å²) in [6.07, 6.45) is 1.97. The minimum atomic E-state index is -0.872. The van der Waals surface area contributed by atoms with Crippen molar-refractivity contribution in [1.29, 1.82) is 0 Å². The number of aliphatic carboxylic acids is 1. The van der Waals surface area contributed by atoms with E-state index >= 15 is 0 Å². The second-order valence-electron chi connectivity index (χ2n) is 2.97. The standard InChI is InChI=1S/C9H13N3O2/c1-11-7(9(13)14)4-6-2-3-12-8(10)5-6/h2-3,5,7,11H,4H2,1H3,(H2,10,12)(H,13,14)/t7-/m0/s1. The minimum Gasteiger partial charge on any atom is -0.480 e. The average molecular weight is 195 g/mol. The van der Waals surface area contributed by atoms with Gasteiger partial charge in [-0.1, -0.05) is 0 Å². The van der Waals surface area contributed by atoms with Gasteiger partial charge in [-0.2, -0.15) is 0 Å². The SMILES string of the molecule is CN[C@@H](Cc1ccnc(N)c1)C(=O)O. The zero-order chi connectivity index (χ0) is 10.6. The second-order valence-corrected chi connectivity index (χ2v) is 2.97. The van der Waals surface area contributed by atoms with E-state index in [4.69, 9.17) is 10.8 Å². The van der Waals surface area contributed by atoms with Crippen LogP contribution < -0.4 is 11.1 Å². The van der Waals surface area contributed by atoms with Crippen LogP contribution in [0, 0.1) is 0 Å². The van der Waals surface area contributed by atoms with E-state index in [-0.39, 0.29) is 0 Å². The van der Waals surface area contributed by atoms with Gasteiger partial charge < -0.3 is 16.2 Å². The maximum atomic E-state index is 10.7. The summed E-state index contributed by atoms with van der Waals surface area (Å²) in [4.78, 5) is 14.5. The lowest BCUT2D eigenvalue weighted by molar-refractivity contribution is -0.139. The number of carboxylic acid groups (broad SMARTS) is 1. The van der Waals surface area contributed by atoms with Crippen LogP contribution in [-0.4, -0.2) is 29.1 Å². The van der Waals surface area contributed by atoms with E-state index in [0.29, 0.717) is 12.2 Å². The molecule has 0 aliphatic carbocycles. The van der Waals surface area contributed by atoms with Crippen LogP contribution in [0.5, 0.6) is 0 Å². The van der Waals surface area contributed by atoms with Crippen molar-refractivity contribution < 1.29 is 9.90 Å². The zero-order valence-corrected chi connectivity index (χ0v) is 7.90. The van der Waals surface area contributed by atoms with Gasteiger partial charge in [-0.3, -0.25) is 4.79 Å². The molecule has 5 nitrogen and oxygen atoms in total. The van der Waals surface area contributed by atoms with Gasteiger partial charge in [0.15, 0.2) is 0 Å². The number of anilines is 1. The molecule has 0 radical (unpaired) electrons. The molecule has 1 atom stereocenters. The summed E-state index contributed by atoms with van der Waals surface area (Å²) in [6, 6.07) is 2.84. The van der Waals surface area contributed by atoms with Crippen LogP contribution >= 0.6 is 0 Å². The molecule has 1 aromatic rings. The number of nitrogens with zero attached hydrogens (tertiary/aromatic N) is 1. The Morgan fingerprint density at radius 3 is 3.00 bits per heavy atom. The van der Waals surface area contributed by atoms with Crippen molar-refractivity contribution in [2.45, 2.75) is 12.5 Å². The summed E-state index contributed by atoms with van der Waals surface area (Å²) in [7, 11) is 1.61. The van der Waals surface area contributed by atoms with Crippen molar-refractivity contribution in [3.63, 3.8) is 0 Å². The van der Waals surface area contributed by atoms with E-state index in [2.05, 4.69) is 10.3 Å². The molecular weight excluding hydrogens is 182 g/mol. The minimum absolute atomic E-state index is 0.401. The first-order chi connectivity index (χ1) is 6.63. The summed E-state index contributed by atoms with van der Waals surface area (Å²) in [6.45, 7) is 0. The van der Waals surface area contributed by atoms with Gasteiger partial charge in [-0.15, -0.1) is 0 Å². The predicted molar refractivity (Wildman–Crippen MR) is 52.8 cm³/mol. The number of hydrogen-bond acceptors (Lipinski definition) is 4. The largest absolute Gasteiger partial charge is 0.480 e. The highest BCUT2D eigenvalue weighted by Crippen LogP contribution is 2.06. The molecule has 1 rings (SSSR count). The van der Waals surface area contributed by atoms with E-state index < -0.39 is 12.0 Å². The van der Waals surface area contributed by atoms with Gasteiger partial charge in [0, 0.05) is 6.20 Å². The molecular formula is C9H13N3O2. The molecule has 76 valence electrons. The third-order valence-electron chi connectivity index (χ3n) is 1.93. The number of nitrogen functional groups attached to an aromatic ring is 1. The Labute approximate surface area is 82.0 Å². The monoisotopic (exact) mass is 195 g/mol. The highest BCUT2D eigenvalue weighted by atomic mass is 16.4. The molecule has 0 aromatic carbocycles. The predicted octanol–water partition coefficient (Wildman–Crippen LogP) is -0.121. The molecule has 0 fully saturated rings. The lowest BCUT2D eigenvalue weighted by Gasteiger charge is -2.10. The number of hydrogen-bond donors (Lipinski definition) is 3. The number of aromatic nitrogens is 1. The quantitative estimate of drug-likeness (QED) is 0.623. The molecule has 5 heteroatoms. The summed E-state index contributed by atoms with van der Waals surface area (Å²) in [5, 5.41) is 11.5. The van der Waals surface area contributed by atoms with E-state index in [1.165, 1.54) is 0 Å². The van der Waals surface area contributed by atoms with Gasteiger partial charge in [-0.05, 0) is 31.2 Å². The normalized spacial score (nSPS) is 12.4. The number of rotatable bonds is 4. The van der Waals surface area contributed by atoms with Crippen LogP contribution in [-0.2, 0) is 11.2 Å². The summed E-state index contributed by atoms with van der Waals surface area (Å²) >= 11 is 0. The number of carboxylic acids is 1. The first-order valence-corrected chi connectivity index (χ1v) is 4.24. The molecule has 0 unspecified atom stereocenters. The lowest BCUT2D eigenvalue weighted by Crippen LogP contribution is -2.35. The van der Waals surface area contributed by atoms with Gasteiger partial charge in [0.05, 0.1) is 0 Å². The van der Waals surface area contributed by atoms with Gasteiger partial charge >= 0.3 is 5.97 Å². The Kier molecular flexibility index (Phi) is 3.41. The first-order valence-electron chi connectivity index (χ1n) is 4.24. The summed E-state index contributed by atoms with van der Waals surface area (Å²) in [5.74, 6) is -0.467. The first kappa shape index (κ1) is 10.5. The Morgan fingerprint density at radius 2 is 2.50 bits per heavy atom. The average Bonchev–Trinajstić information content (AvgIpc) is 2.14. The molecule has 4 N–H and O–H groups in total. The van der Waals surface area contributed by atoms with Crippen molar-refractivity contribution in [1.82, 2.24) is 10.3 Å². The number of pyridine rings is 1. The van der Waals surface area contributed by atoms with E-state index in [1.807, 2.05) is 0 Å². The van der Waals surface area contributed by atoms with Gasteiger partial charge in [0.2, 0.25) is 0 Å². The van der Waals surface area contributed by atoms with Crippen molar-refractivity contribution in [3.05, 3.63) is 23.9 Å². The van der Waals surface area contributed by atoms with Crippen LogP contribution in [0.1, 0.15) is 5.56 Å². The molecule has 0 spiro atoms. The topological polar surface area (TPSA) is 88.2 Å². The van der Waals surface area contributed by atoms with Crippen molar-refractivity contribution in [2.75, 3.05) is 12.8 Å². The van der Waals surface area contributed by atoms with Gasteiger partial charge in [0.25, 0.3) is 0 Å². The van der Waals surface area contributed by atoms with Crippen LogP contribution in [0.4, 0.5) is 5.82 Å². The van der Waals surface area contributed by atoms with Crippen molar-refractivity contribution in [2.24, 2.45) is 0 Å². The smallest absolute Gasteiger partial charge is 0.321 e. The summed E-state index contributed by atoms with van der Waals surface area (Å²) < 4.78 is 0. The van der Waals surface area contributed by atoms with Crippen LogP contribution in [0.15, 0.2) is 18.3 Å². The second kappa shape index (κ2) is 4.57. The molecule has 0 saturated heterocycles. The van der Waals surface area contributed by atoms with Gasteiger partial charge in [-0.25, -0.2) is 4.98 Å². The lowest BCUT2D eigenvalue weighted by atomic mass is 10.1. The molecule has 0 bridgehead atoms.